The molecule has 0 aromatic carbocycles. The summed E-state index contributed by atoms with van der Waals surface area (Å²) in [5, 5.41) is 0. The van der Waals surface area contributed by atoms with E-state index in [2.05, 4.69) is 17.1 Å². The van der Waals surface area contributed by atoms with E-state index < -0.39 is 0 Å². The van der Waals surface area contributed by atoms with Gasteiger partial charge in [0.2, 0.25) is 0 Å². The van der Waals surface area contributed by atoms with Gasteiger partial charge in [0.05, 0.1) is 19.1 Å². The number of furan rings is 1. The average molecular weight is 130 g/mol. The average Bonchev–Trinajstić information content (AvgIpc) is 2.19. The highest BCUT2D eigenvalue weighted by atomic mass is 32.1. The van der Waals surface area contributed by atoms with E-state index in [0.29, 0.717) is 6.61 Å². The largest absolute Gasteiger partial charge is 0.472 e. The third kappa shape index (κ3) is 1.28. The number of hydrogen-bond donors (Lipinski definition) is 1. The predicted octanol–water partition coefficient (Wildman–Crippen LogP) is 1.64. The van der Waals surface area contributed by atoms with Gasteiger partial charge in [-0.1, -0.05) is 0 Å². The molecule has 0 amide bonds. The zero-order valence-corrected chi connectivity index (χ0v) is 5.10. The second kappa shape index (κ2) is 2.79. The van der Waals surface area contributed by atoms with E-state index in [0.717, 1.165) is 5.56 Å². The first-order valence-corrected chi connectivity index (χ1v) is 2.57. The fraction of sp³-hybridized carbons (Fsp3) is 0.200. The third-order valence-electron chi connectivity index (χ3n) is 0.811. The lowest BCUT2D eigenvalue weighted by Gasteiger charge is -1.86. The van der Waals surface area contributed by atoms with Gasteiger partial charge in [-0.05, 0) is 19.0 Å². The fourth-order valence-electron chi connectivity index (χ4n) is 0.449. The SMILES string of the molecule is SOCc1ccoc1. The molecule has 44 valence electrons. The number of rotatable bonds is 2. The molecule has 1 heterocycles. The maximum absolute atomic E-state index is 4.75. The van der Waals surface area contributed by atoms with Crippen LogP contribution in [0.1, 0.15) is 5.56 Å². The van der Waals surface area contributed by atoms with Gasteiger partial charge in [-0.25, -0.2) is 0 Å². The van der Waals surface area contributed by atoms with Gasteiger partial charge in [0.15, 0.2) is 0 Å². The van der Waals surface area contributed by atoms with Crippen molar-refractivity contribution in [3.63, 3.8) is 0 Å². The Morgan fingerprint density at radius 1 is 1.75 bits per heavy atom. The van der Waals surface area contributed by atoms with Crippen LogP contribution in [0.25, 0.3) is 0 Å². The lowest BCUT2D eigenvalue weighted by Crippen LogP contribution is -1.75. The molecule has 0 aliphatic rings. The van der Waals surface area contributed by atoms with Crippen molar-refractivity contribution in [2.75, 3.05) is 0 Å². The molecule has 0 radical (unpaired) electrons. The maximum atomic E-state index is 4.75. The van der Waals surface area contributed by atoms with Crippen LogP contribution in [0.4, 0.5) is 0 Å². The van der Waals surface area contributed by atoms with Crippen molar-refractivity contribution in [1.82, 2.24) is 0 Å². The first-order chi connectivity index (χ1) is 3.93. The van der Waals surface area contributed by atoms with Gasteiger partial charge in [-0.15, -0.1) is 0 Å². The molecule has 1 aromatic heterocycles. The van der Waals surface area contributed by atoms with Gasteiger partial charge in [-0.2, -0.15) is 0 Å². The van der Waals surface area contributed by atoms with E-state index in [-0.39, 0.29) is 0 Å². The molecule has 3 heteroatoms. The van der Waals surface area contributed by atoms with E-state index in [1.807, 2.05) is 6.07 Å². The summed E-state index contributed by atoms with van der Waals surface area (Å²) in [5.74, 6) is 0. The molecule has 0 aliphatic heterocycles. The molecule has 8 heavy (non-hydrogen) atoms. The molecular formula is C5H6O2S. The summed E-state index contributed by atoms with van der Waals surface area (Å²) in [4.78, 5) is 0. The second-order valence-corrected chi connectivity index (χ2v) is 1.66. The van der Waals surface area contributed by atoms with Gasteiger partial charge < -0.3 is 8.60 Å². The van der Waals surface area contributed by atoms with Crippen LogP contribution in [0, 0.1) is 0 Å². The Morgan fingerprint density at radius 3 is 3.12 bits per heavy atom. The molecular weight excluding hydrogens is 124 g/mol. The van der Waals surface area contributed by atoms with Crippen LogP contribution in [-0.2, 0) is 10.8 Å². The van der Waals surface area contributed by atoms with E-state index in [4.69, 9.17) is 4.42 Å². The van der Waals surface area contributed by atoms with Crippen molar-refractivity contribution < 1.29 is 8.60 Å². The van der Waals surface area contributed by atoms with Crippen molar-refractivity contribution >= 4 is 12.9 Å². The van der Waals surface area contributed by atoms with Crippen LogP contribution in [-0.4, -0.2) is 0 Å². The standard InChI is InChI=1S/C5H6O2S/c8-7-4-5-1-2-6-3-5/h1-3,8H,4H2. The first kappa shape index (κ1) is 5.72. The molecule has 0 spiro atoms. The smallest absolute Gasteiger partial charge is 0.0958 e. The zero-order valence-electron chi connectivity index (χ0n) is 4.20. The summed E-state index contributed by atoms with van der Waals surface area (Å²) in [6.07, 6.45) is 3.22. The Labute approximate surface area is 53.1 Å². The minimum Gasteiger partial charge on any atom is -0.472 e. The summed E-state index contributed by atoms with van der Waals surface area (Å²) in [5.41, 5.74) is 1.00. The quantitative estimate of drug-likeness (QED) is 0.485. The molecule has 1 rings (SSSR count). The van der Waals surface area contributed by atoms with Crippen molar-refractivity contribution in [3.8, 4) is 0 Å². The van der Waals surface area contributed by atoms with Crippen molar-refractivity contribution in [2.24, 2.45) is 0 Å². The van der Waals surface area contributed by atoms with Crippen molar-refractivity contribution in [3.05, 3.63) is 24.2 Å². The Kier molecular flexibility index (Phi) is 2.00. The van der Waals surface area contributed by atoms with Crippen LogP contribution < -0.4 is 0 Å². The lowest BCUT2D eigenvalue weighted by atomic mass is 10.4. The topological polar surface area (TPSA) is 22.4 Å². The van der Waals surface area contributed by atoms with Gasteiger partial charge in [0.1, 0.15) is 0 Å². The van der Waals surface area contributed by atoms with Crippen LogP contribution in [0.2, 0.25) is 0 Å². The zero-order chi connectivity index (χ0) is 5.82. The van der Waals surface area contributed by atoms with E-state index in [9.17, 15) is 0 Å². The molecule has 0 saturated carbocycles. The highest BCUT2D eigenvalue weighted by Crippen LogP contribution is 2.01. The molecule has 0 N–H and O–H groups in total. The van der Waals surface area contributed by atoms with Gasteiger partial charge >= 0.3 is 0 Å². The maximum Gasteiger partial charge on any atom is 0.0958 e. The molecule has 0 fully saturated rings. The van der Waals surface area contributed by atoms with Crippen molar-refractivity contribution in [2.45, 2.75) is 6.61 Å². The van der Waals surface area contributed by atoms with Crippen LogP contribution >= 0.6 is 12.9 Å². The lowest BCUT2D eigenvalue weighted by molar-refractivity contribution is 0.369. The molecule has 2 nitrogen and oxygen atoms in total. The summed E-state index contributed by atoms with van der Waals surface area (Å²) in [7, 11) is 0. The second-order valence-electron chi connectivity index (χ2n) is 1.41. The Hall–Kier alpha value is -0.410. The highest BCUT2D eigenvalue weighted by molar-refractivity contribution is 7.75. The molecule has 0 saturated heterocycles. The summed E-state index contributed by atoms with van der Waals surface area (Å²) < 4.78 is 9.27. The summed E-state index contributed by atoms with van der Waals surface area (Å²) >= 11 is 3.57. The summed E-state index contributed by atoms with van der Waals surface area (Å²) in [6.45, 7) is 0.500. The monoisotopic (exact) mass is 130 g/mol. The van der Waals surface area contributed by atoms with E-state index in [1.54, 1.807) is 12.5 Å². The molecule has 1 aromatic rings. The number of thiol groups is 1. The van der Waals surface area contributed by atoms with Crippen LogP contribution in [0.3, 0.4) is 0 Å². The minimum absolute atomic E-state index is 0.500. The predicted molar refractivity (Wildman–Crippen MR) is 32.5 cm³/mol. The third-order valence-corrected chi connectivity index (χ3v) is 0.940. The fourth-order valence-corrected chi connectivity index (χ4v) is 0.598. The van der Waals surface area contributed by atoms with Crippen molar-refractivity contribution in [1.29, 1.82) is 0 Å². The van der Waals surface area contributed by atoms with Gasteiger partial charge in [-0.3, -0.25) is 0 Å². The van der Waals surface area contributed by atoms with Crippen LogP contribution in [0.15, 0.2) is 23.0 Å². The molecule has 0 aliphatic carbocycles. The summed E-state index contributed by atoms with van der Waals surface area (Å²) in [6, 6.07) is 1.83. The Bertz CT molecular complexity index is 136. The first-order valence-electron chi connectivity index (χ1n) is 2.21. The van der Waals surface area contributed by atoms with E-state index >= 15 is 0 Å². The molecule has 0 bridgehead atoms. The molecule has 0 atom stereocenters. The van der Waals surface area contributed by atoms with Gasteiger partial charge in [0.25, 0.3) is 0 Å². The van der Waals surface area contributed by atoms with Gasteiger partial charge in [0, 0.05) is 5.56 Å². The van der Waals surface area contributed by atoms with E-state index in [1.165, 1.54) is 0 Å². The number of hydrogen-bond acceptors (Lipinski definition) is 3. The minimum atomic E-state index is 0.500. The van der Waals surface area contributed by atoms with Crippen LogP contribution in [0.5, 0.6) is 0 Å². The Morgan fingerprint density at radius 2 is 2.62 bits per heavy atom. The highest BCUT2D eigenvalue weighted by Gasteiger charge is 1.89. The molecule has 0 unspecified atom stereocenters. The Balaban J connectivity index is 2.50. The normalized spacial score (nSPS) is 9.62.